The molecule has 0 saturated carbocycles. The molecule has 0 aliphatic carbocycles. The number of anilines is 1. The topological polar surface area (TPSA) is 64.4 Å². The zero-order valence-electron chi connectivity index (χ0n) is 11.8. The molecular formula is C16H16N2O3. The molecule has 0 radical (unpaired) electrons. The van der Waals surface area contributed by atoms with Crippen molar-refractivity contribution in [1.29, 1.82) is 0 Å². The molecule has 0 bridgehead atoms. The maximum Gasteiger partial charge on any atom is 0.292 e. The molecule has 0 unspecified atom stereocenters. The van der Waals surface area contributed by atoms with E-state index < -0.39 is 0 Å². The summed E-state index contributed by atoms with van der Waals surface area (Å²) in [4.78, 5) is 10.7. The summed E-state index contributed by atoms with van der Waals surface area (Å²) in [7, 11) is 0. The van der Waals surface area contributed by atoms with Crippen LogP contribution in [0.4, 0.5) is 11.4 Å². The number of hydrogen-bond donors (Lipinski definition) is 1. The summed E-state index contributed by atoms with van der Waals surface area (Å²) >= 11 is 0. The van der Waals surface area contributed by atoms with E-state index in [0.717, 1.165) is 29.9 Å². The summed E-state index contributed by atoms with van der Waals surface area (Å²) in [5, 5.41) is 14.2. The highest BCUT2D eigenvalue weighted by Gasteiger charge is 2.14. The molecule has 0 aromatic heterocycles. The second kappa shape index (κ2) is 5.44. The zero-order valence-corrected chi connectivity index (χ0v) is 11.8. The predicted molar refractivity (Wildman–Crippen MR) is 80.8 cm³/mol. The fourth-order valence-electron chi connectivity index (χ4n) is 2.50. The lowest BCUT2D eigenvalue weighted by Crippen LogP contribution is -2.03. The Hall–Kier alpha value is -2.56. The summed E-state index contributed by atoms with van der Waals surface area (Å²) in [6.45, 7) is 3.20. The fraction of sp³-hybridized carbons (Fsp3) is 0.250. The van der Waals surface area contributed by atoms with Gasteiger partial charge >= 0.3 is 0 Å². The SMILES string of the molecule is Cc1ccc([N+](=O)[O-])c(NCc2ccc3c(c2)CCO3)c1. The Kier molecular flexibility index (Phi) is 3.48. The number of fused-ring (bicyclic) bond motifs is 1. The monoisotopic (exact) mass is 284 g/mol. The van der Waals surface area contributed by atoms with Gasteiger partial charge in [0.15, 0.2) is 0 Å². The van der Waals surface area contributed by atoms with Crippen molar-refractivity contribution >= 4 is 11.4 Å². The van der Waals surface area contributed by atoms with E-state index in [-0.39, 0.29) is 10.6 Å². The lowest BCUT2D eigenvalue weighted by atomic mass is 10.1. The van der Waals surface area contributed by atoms with E-state index >= 15 is 0 Å². The van der Waals surface area contributed by atoms with Crippen LogP contribution < -0.4 is 10.1 Å². The van der Waals surface area contributed by atoms with Gasteiger partial charge in [-0.1, -0.05) is 18.2 Å². The van der Waals surface area contributed by atoms with Crippen molar-refractivity contribution in [2.45, 2.75) is 19.9 Å². The van der Waals surface area contributed by atoms with Gasteiger partial charge in [0.05, 0.1) is 11.5 Å². The molecule has 5 heteroatoms. The molecule has 2 aromatic carbocycles. The number of nitrogens with one attached hydrogen (secondary N) is 1. The van der Waals surface area contributed by atoms with Crippen LogP contribution in [0.15, 0.2) is 36.4 Å². The molecule has 2 aromatic rings. The summed E-state index contributed by atoms with van der Waals surface area (Å²) in [5.74, 6) is 0.945. The smallest absolute Gasteiger partial charge is 0.292 e. The van der Waals surface area contributed by atoms with Crippen molar-refractivity contribution in [3.8, 4) is 5.75 Å². The van der Waals surface area contributed by atoms with Gasteiger partial charge in [-0.15, -0.1) is 0 Å². The number of nitrogens with zero attached hydrogens (tertiary/aromatic N) is 1. The van der Waals surface area contributed by atoms with Crippen molar-refractivity contribution in [3.63, 3.8) is 0 Å². The highest BCUT2D eigenvalue weighted by atomic mass is 16.6. The van der Waals surface area contributed by atoms with Crippen LogP contribution in [0.3, 0.4) is 0 Å². The van der Waals surface area contributed by atoms with E-state index in [2.05, 4.69) is 11.4 Å². The number of ether oxygens (including phenoxy) is 1. The average molecular weight is 284 g/mol. The Balaban J connectivity index is 1.78. The van der Waals surface area contributed by atoms with Gasteiger partial charge in [-0.2, -0.15) is 0 Å². The first-order chi connectivity index (χ1) is 10.1. The first-order valence-electron chi connectivity index (χ1n) is 6.87. The third-order valence-corrected chi connectivity index (χ3v) is 3.59. The van der Waals surface area contributed by atoms with Crippen LogP contribution in [0, 0.1) is 17.0 Å². The molecule has 0 saturated heterocycles. The Labute approximate surface area is 122 Å². The van der Waals surface area contributed by atoms with Crippen LogP contribution in [0.2, 0.25) is 0 Å². The van der Waals surface area contributed by atoms with Crippen LogP contribution in [0.5, 0.6) is 5.75 Å². The highest BCUT2D eigenvalue weighted by molar-refractivity contribution is 5.62. The van der Waals surface area contributed by atoms with Crippen molar-refractivity contribution in [3.05, 3.63) is 63.2 Å². The van der Waals surface area contributed by atoms with Crippen LogP contribution in [-0.4, -0.2) is 11.5 Å². The number of benzene rings is 2. The quantitative estimate of drug-likeness (QED) is 0.690. The van der Waals surface area contributed by atoms with Gasteiger partial charge < -0.3 is 10.1 Å². The number of nitro benzene ring substituents is 1. The number of aryl methyl sites for hydroxylation is 1. The summed E-state index contributed by atoms with van der Waals surface area (Å²) in [5.41, 5.74) is 3.94. The van der Waals surface area contributed by atoms with Crippen molar-refractivity contribution in [2.24, 2.45) is 0 Å². The molecule has 0 fully saturated rings. The largest absolute Gasteiger partial charge is 0.493 e. The molecule has 0 amide bonds. The van der Waals surface area contributed by atoms with Gasteiger partial charge in [0.25, 0.3) is 5.69 Å². The van der Waals surface area contributed by atoms with Crippen molar-refractivity contribution in [1.82, 2.24) is 0 Å². The van der Waals surface area contributed by atoms with E-state index in [1.54, 1.807) is 12.1 Å². The third kappa shape index (κ3) is 2.81. The standard InChI is InChI=1S/C16H16N2O3/c1-11-2-4-15(18(19)20)14(8-11)17-10-12-3-5-16-13(9-12)6-7-21-16/h2-5,8-9,17H,6-7,10H2,1H3. The minimum absolute atomic E-state index is 0.102. The normalized spacial score (nSPS) is 12.6. The van der Waals surface area contributed by atoms with Crippen molar-refractivity contribution in [2.75, 3.05) is 11.9 Å². The second-order valence-electron chi connectivity index (χ2n) is 5.17. The van der Waals surface area contributed by atoms with E-state index in [1.165, 1.54) is 11.6 Å². The first-order valence-corrected chi connectivity index (χ1v) is 6.87. The number of nitro groups is 1. The van der Waals surface area contributed by atoms with Crippen LogP contribution >= 0.6 is 0 Å². The average Bonchev–Trinajstić information content (AvgIpc) is 2.92. The summed E-state index contributed by atoms with van der Waals surface area (Å²) in [6.07, 6.45) is 0.924. The molecule has 21 heavy (non-hydrogen) atoms. The lowest BCUT2D eigenvalue weighted by Gasteiger charge is -2.09. The maximum atomic E-state index is 11.0. The Bertz CT molecular complexity index is 698. The van der Waals surface area contributed by atoms with Gasteiger partial charge in [0, 0.05) is 19.0 Å². The number of hydrogen-bond acceptors (Lipinski definition) is 4. The van der Waals surface area contributed by atoms with E-state index in [4.69, 9.17) is 4.74 Å². The molecule has 1 heterocycles. The first kappa shape index (κ1) is 13.4. The molecule has 1 N–H and O–H groups in total. The van der Waals surface area contributed by atoms with Gasteiger partial charge in [0.2, 0.25) is 0 Å². The lowest BCUT2D eigenvalue weighted by molar-refractivity contribution is -0.384. The summed E-state index contributed by atoms with van der Waals surface area (Å²) < 4.78 is 5.47. The predicted octanol–water partition coefficient (Wildman–Crippen LogP) is 3.45. The van der Waals surface area contributed by atoms with Crippen LogP contribution in [0.1, 0.15) is 16.7 Å². The second-order valence-corrected chi connectivity index (χ2v) is 5.17. The third-order valence-electron chi connectivity index (χ3n) is 3.59. The summed E-state index contributed by atoms with van der Waals surface area (Å²) in [6, 6.07) is 11.1. The Morgan fingerprint density at radius 2 is 2.14 bits per heavy atom. The van der Waals surface area contributed by atoms with Gasteiger partial charge in [0.1, 0.15) is 11.4 Å². The van der Waals surface area contributed by atoms with Gasteiger partial charge in [-0.3, -0.25) is 10.1 Å². The molecule has 108 valence electrons. The van der Waals surface area contributed by atoms with E-state index in [0.29, 0.717) is 12.2 Å². The number of rotatable bonds is 4. The van der Waals surface area contributed by atoms with Crippen LogP contribution in [0.25, 0.3) is 0 Å². The molecule has 3 rings (SSSR count). The zero-order chi connectivity index (χ0) is 14.8. The Morgan fingerprint density at radius 1 is 1.29 bits per heavy atom. The van der Waals surface area contributed by atoms with E-state index in [9.17, 15) is 10.1 Å². The molecule has 0 spiro atoms. The minimum atomic E-state index is -0.363. The molecule has 1 aliphatic heterocycles. The van der Waals surface area contributed by atoms with Crippen molar-refractivity contribution < 1.29 is 9.66 Å². The van der Waals surface area contributed by atoms with Gasteiger partial charge in [-0.05, 0) is 35.7 Å². The molecular weight excluding hydrogens is 268 g/mol. The minimum Gasteiger partial charge on any atom is -0.493 e. The highest BCUT2D eigenvalue weighted by Crippen LogP contribution is 2.28. The van der Waals surface area contributed by atoms with Gasteiger partial charge in [-0.25, -0.2) is 0 Å². The maximum absolute atomic E-state index is 11.0. The van der Waals surface area contributed by atoms with Crippen LogP contribution in [-0.2, 0) is 13.0 Å². The van der Waals surface area contributed by atoms with E-state index in [1.807, 2.05) is 19.1 Å². The fourth-order valence-corrected chi connectivity index (χ4v) is 2.50. The molecule has 5 nitrogen and oxygen atoms in total. The Morgan fingerprint density at radius 3 is 2.95 bits per heavy atom. The molecule has 0 atom stereocenters. The molecule has 1 aliphatic rings.